The lowest BCUT2D eigenvalue weighted by Crippen LogP contribution is -2.20. The van der Waals surface area contributed by atoms with Gasteiger partial charge in [0, 0.05) is 17.7 Å². The van der Waals surface area contributed by atoms with Crippen LogP contribution in [0.3, 0.4) is 0 Å². The van der Waals surface area contributed by atoms with Gasteiger partial charge in [-0.3, -0.25) is 0 Å². The number of sulfone groups is 1. The van der Waals surface area contributed by atoms with E-state index in [0.29, 0.717) is 11.8 Å². The third-order valence-electron chi connectivity index (χ3n) is 4.38. The summed E-state index contributed by atoms with van der Waals surface area (Å²) >= 11 is 0. The molecule has 19 heavy (non-hydrogen) atoms. The first kappa shape index (κ1) is 13.1. The van der Waals surface area contributed by atoms with Crippen LogP contribution >= 0.6 is 0 Å². The third-order valence-corrected chi connectivity index (χ3v) is 5.45. The van der Waals surface area contributed by atoms with Crippen LogP contribution in [0, 0.1) is 0 Å². The van der Waals surface area contributed by atoms with Crippen molar-refractivity contribution in [3.8, 4) is 0 Å². The summed E-state index contributed by atoms with van der Waals surface area (Å²) in [6.07, 6.45) is 5.78. The number of nitrogens with one attached hydrogen (secondary N) is 1. The SMILES string of the molecule is CS(=O)(=O)CC1(c2ccc(C3CCCN3)cc2)CC1. The molecule has 2 fully saturated rings. The number of hydrogen-bond acceptors (Lipinski definition) is 3. The highest BCUT2D eigenvalue weighted by molar-refractivity contribution is 7.90. The van der Waals surface area contributed by atoms with Gasteiger partial charge in [0.2, 0.25) is 0 Å². The van der Waals surface area contributed by atoms with Crippen LogP contribution in [0.2, 0.25) is 0 Å². The van der Waals surface area contributed by atoms with Crippen molar-refractivity contribution >= 4 is 9.84 Å². The lowest BCUT2D eigenvalue weighted by atomic mass is 9.95. The average molecular weight is 279 g/mol. The molecule has 2 aliphatic rings. The maximum Gasteiger partial charge on any atom is 0.148 e. The van der Waals surface area contributed by atoms with Gasteiger partial charge in [-0.2, -0.15) is 0 Å². The highest BCUT2D eigenvalue weighted by Gasteiger charge is 2.46. The van der Waals surface area contributed by atoms with Crippen LogP contribution in [0.25, 0.3) is 0 Å². The van der Waals surface area contributed by atoms with Crippen molar-refractivity contribution in [1.29, 1.82) is 0 Å². The smallest absolute Gasteiger partial charge is 0.148 e. The Bertz CT molecular complexity index is 552. The Labute approximate surface area is 115 Å². The zero-order chi connectivity index (χ0) is 13.5. The fourth-order valence-electron chi connectivity index (χ4n) is 3.21. The molecule has 0 spiro atoms. The highest BCUT2D eigenvalue weighted by atomic mass is 32.2. The molecule has 1 unspecified atom stereocenters. The normalized spacial score (nSPS) is 25.4. The predicted molar refractivity (Wildman–Crippen MR) is 77.0 cm³/mol. The van der Waals surface area contributed by atoms with E-state index in [-0.39, 0.29) is 5.41 Å². The van der Waals surface area contributed by atoms with Crippen molar-refractivity contribution in [2.24, 2.45) is 0 Å². The minimum Gasteiger partial charge on any atom is -0.310 e. The maximum atomic E-state index is 11.5. The molecule has 1 heterocycles. The summed E-state index contributed by atoms with van der Waals surface area (Å²) < 4.78 is 23.1. The van der Waals surface area contributed by atoms with Gasteiger partial charge in [-0.15, -0.1) is 0 Å². The summed E-state index contributed by atoms with van der Waals surface area (Å²) in [7, 11) is -2.91. The van der Waals surface area contributed by atoms with Gasteiger partial charge in [0.05, 0.1) is 5.75 Å². The van der Waals surface area contributed by atoms with E-state index in [0.717, 1.165) is 19.4 Å². The van der Waals surface area contributed by atoms with E-state index >= 15 is 0 Å². The molecular weight excluding hydrogens is 258 g/mol. The van der Waals surface area contributed by atoms with Gasteiger partial charge in [0.25, 0.3) is 0 Å². The summed E-state index contributed by atoms with van der Waals surface area (Å²) in [6.45, 7) is 1.10. The standard InChI is InChI=1S/C15H21NO2S/c1-19(17,18)11-15(8-9-15)13-6-4-12(5-7-13)14-3-2-10-16-14/h4-7,14,16H,2-3,8-11H2,1H3. The first-order valence-corrected chi connectivity index (χ1v) is 9.06. The Kier molecular flexibility index (Phi) is 3.18. The molecule has 0 bridgehead atoms. The van der Waals surface area contributed by atoms with Crippen LogP contribution in [-0.4, -0.2) is 27.0 Å². The summed E-state index contributed by atoms with van der Waals surface area (Å²) in [4.78, 5) is 0. The van der Waals surface area contributed by atoms with Gasteiger partial charge in [-0.25, -0.2) is 8.42 Å². The van der Waals surface area contributed by atoms with Crippen LogP contribution < -0.4 is 5.32 Å². The molecule has 1 aromatic rings. The quantitative estimate of drug-likeness (QED) is 0.919. The molecule has 0 amide bonds. The summed E-state index contributed by atoms with van der Waals surface area (Å²) in [5.74, 6) is 0.293. The zero-order valence-corrected chi connectivity index (χ0v) is 12.2. The molecule has 104 valence electrons. The summed E-state index contributed by atoms with van der Waals surface area (Å²) in [5.41, 5.74) is 2.44. The largest absolute Gasteiger partial charge is 0.310 e. The number of hydrogen-bond donors (Lipinski definition) is 1. The minimum absolute atomic E-state index is 0.0881. The molecule has 3 rings (SSSR count). The lowest BCUT2D eigenvalue weighted by molar-refractivity contribution is 0.591. The van der Waals surface area contributed by atoms with E-state index in [4.69, 9.17) is 0 Å². The Morgan fingerprint density at radius 1 is 1.26 bits per heavy atom. The van der Waals surface area contributed by atoms with Crippen molar-refractivity contribution in [1.82, 2.24) is 5.32 Å². The van der Waals surface area contributed by atoms with Crippen LogP contribution in [0.4, 0.5) is 0 Å². The molecular formula is C15H21NO2S. The topological polar surface area (TPSA) is 46.2 Å². The Hall–Kier alpha value is -0.870. The molecule has 1 aliphatic carbocycles. The molecule has 0 radical (unpaired) electrons. The fourth-order valence-corrected chi connectivity index (χ4v) is 4.67. The second kappa shape index (κ2) is 4.60. The van der Waals surface area contributed by atoms with Crippen molar-refractivity contribution in [3.63, 3.8) is 0 Å². The monoisotopic (exact) mass is 279 g/mol. The molecule has 1 saturated heterocycles. The van der Waals surface area contributed by atoms with Crippen LogP contribution in [-0.2, 0) is 15.3 Å². The van der Waals surface area contributed by atoms with Gasteiger partial charge in [-0.05, 0) is 43.4 Å². The molecule has 3 nitrogen and oxygen atoms in total. The van der Waals surface area contributed by atoms with Gasteiger partial charge in [0.1, 0.15) is 9.84 Å². The Balaban J connectivity index is 1.79. The van der Waals surface area contributed by atoms with Gasteiger partial charge < -0.3 is 5.32 Å². The van der Waals surface area contributed by atoms with Gasteiger partial charge in [-0.1, -0.05) is 24.3 Å². The predicted octanol–water partition coefficient (Wildman–Crippen LogP) is 2.19. The Morgan fingerprint density at radius 3 is 2.42 bits per heavy atom. The first-order chi connectivity index (χ1) is 8.99. The molecule has 0 aromatic heterocycles. The summed E-state index contributed by atoms with van der Waals surface area (Å²) in [6, 6.07) is 9.08. The third kappa shape index (κ3) is 2.84. The maximum absolute atomic E-state index is 11.5. The van der Waals surface area contributed by atoms with E-state index in [2.05, 4.69) is 29.6 Å². The van der Waals surface area contributed by atoms with Gasteiger partial charge in [0.15, 0.2) is 0 Å². The molecule has 4 heteroatoms. The fraction of sp³-hybridized carbons (Fsp3) is 0.600. The second-order valence-corrected chi connectivity index (χ2v) is 8.26. The van der Waals surface area contributed by atoms with E-state index in [1.165, 1.54) is 30.2 Å². The van der Waals surface area contributed by atoms with E-state index < -0.39 is 9.84 Å². The zero-order valence-electron chi connectivity index (χ0n) is 11.4. The van der Waals surface area contributed by atoms with Crippen molar-refractivity contribution in [2.45, 2.75) is 37.1 Å². The minimum atomic E-state index is -2.91. The van der Waals surface area contributed by atoms with Crippen LogP contribution in [0.1, 0.15) is 42.9 Å². The second-order valence-electron chi connectivity index (χ2n) is 6.12. The van der Waals surface area contributed by atoms with Crippen molar-refractivity contribution < 1.29 is 8.42 Å². The highest BCUT2D eigenvalue weighted by Crippen LogP contribution is 2.49. The van der Waals surface area contributed by atoms with Crippen LogP contribution in [0.5, 0.6) is 0 Å². The van der Waals surface area contributed by atoms with E-state index in [1.54, 1.807) is 0 Å². The van der Waals surface area contributed by atoms with E-state index in [9.17, 15) is 8.42 Å². The molecule has 1 aliphatic heterocycles. The van der Waals surface area contributed by atoms with Crippen molar-refractivity contribution in [2.75, 3.05) is 18.6 Å². The number of benzene rings is 1. The lowest BCUT2D eigenvalue weighted by Gasteiger charge is -2.16. The van der Waals surface area contributed by atoms with Gasteiger partial charge >= 0.3 is 0 Å². The number of rotatable bonds is 4. The summed E-state index contributed by atoms with van der Waals surface area (Å²) in [5, 5.41) is 3.49. The molecule has 1 saturated carbocycles. The van der Waals surface area contributed by atoms with E-state index in [1.807, 2.05) is 0 Å². The van der Waals surface area contributed by atoms with Crippen molar-refractivity contribution in [3.05, 3.63) is 35.4 Å². The average Bonchev–Trinajstić information content (AvgIpc) is 2.92. The van der Waals surface area contributed by atoms with Crippen LogP contribution in [0.15, 0.2) is 24.3 Å². The molecule has 1 atom stereocenters. The molecule has 1 N–H and O–H groups in total. The first-order valence-electron chi connectivity index (χ1n) is 7.00. The Morgan fingerprint density at radius 2 is 1.95 bits per heavy atom. The molecule has 1 aromatic carbocycles.